The third-order valence-electron chi connectivity index (χ3n) is 13.8. The van der Waals surface area contributed by atoms with Crippen LogP contribution in [0.3, 0.4) is 0 Å². The van der Waals surface area contributed by atoms with E-state index in [1.807, 2.05) is 6.92 Å². The molecule has 41 heavy (non-hydrogen) atoms. The van der Waals surface area contributed by atoms with Crippen molar-refractivity contribution in [2.75, 3.05) is 6.61 Å². The van der Waals surface area contributed by atoms with Gasteiger partial charge in [-0.25, -0.2) is 4.79 Å². The van der Waals surface area contributed by atoms with E-state index in [0.717, 1.165) is 51.4 Å². The first-order valence-electron chi connectivity index (χ1n) is 16.2. The summed E-state index contributed by atoms with van der Waals surface area (Å²) in [6.07, 6.45) is 15.0. The summed E-state index contributed by atoms with van der Waals surface area (Å²) in [5.41, 5.74) is 1.02. The number of fused-ring (bicyclic) bond motifs is 7. The lowest BCUT2D eigenvalue weighted by Crippen LogP contribution is -2.66. The standard InChI is InChI=1S/C36H54O5/c1-10-40-29(39)13-14-32(5)17-18-33(6)19-20-35(8)24(25(33)22-32)21-26(38)30-34(7)15-12-28(41-23(2)37)31(3,4)27(34)11-16-36(30,35)9/h13-14,21,25,27-28,30H,10-12,15-20,22H2,1-9H3/b14-13+/t25-,27-,28-,30+,32-,33+,34-,35+,36+/m0/s1. The first-order chi connectivity index (χ1) is 19.0. The van der Waals surface area contributed by atoms with Crippen LogP contribution in [0.1, 0.15) is 120 Å². The number of carbonyl (C=O) groups is 3. The molecule has 0 spiro atoms. The van der Waals surface area contributed by atoms with Crippen LogP contribution in [0.2, 0.25) is 0 Å². The van der Waals surface area contributed by atoms with Gasteiger partial charge in [0.1, 0.15) is 6.10 Å². The Morgan fingerprint density at radius 2 is 1.63 bits per heavy atom. The van der Waals surface area contributed by atoms with E-state index in [4.69, 9.17) is 9.47 Å². The van der Waals surface area contributed by atoms with Crippen LogP contribution in [-0.2, 0) is 23.9 Å². The number of ketones is 1. The molecule has 5 rings (SSSR count). The molecule has 0 radical (unpaired) electrons. The van der Waals surface area contributed by atoms with Crippen molar-refractivity contribution in [3.8, 4) is 0 Å². The highest BCUT2D eigenvalue weighted by Gasteiger charge is 2.70. The molecule has 0 bridgehead atoms. The molecule has 0 heterocycles. The van der Waals surface area contributed by atoms with E-state index in [2.05, 4.69) is 60.6 Å². The van der Waals surface area contributed by atoms with Gasteiger partial charge in [0.25, 0.3) is 0 Å². The van der Waals surface area contributed by atoms with E-state index >= 15 is 0 Å². The fraction of sp³-hybridized carbons (Fsp3) is 0.806. The van der Waals surface area contributed by atoms with Crippen LogP contribution in [0.25, 0.3) is 0 Å². The molecule has 5 aliphatic rings. The number of esters is 2. The maximum absolute atomic E-state index is 14.6. The number of hydrogen-bond donors (Lipinski definition) is 0. The molecule has 0 unspecified atom stereocenters. The molecule has 0 amide bonds. The molecule has 5 aliphatic carbocycles. The predicted octanol–water partition coefficient (Wildman–Crippen LogP) is 8.02. The third kappa shape index (κ3) is 4.49. The Morgan fingerprint density at radius 1 is 0.951 bits per heavy atom. The fourth-order valence-electron chi connectivity index (χ4n) is 11.2. The molecule has 9 atom stereocenters. The SMILES string of the molecule is CCOC(=O)/C=C/[C@@]1(C)CC[C@]2(C)CC[C@]3(C)C(=CC(=O)[C@@H]4[C@@]5(C)CC[C@H](OC(C)=O)C(C)(C)[C@@H]5CC[C@]43C)[C@@H]2C1. The van der Waals surface area contributed by atoms with Gasteiger partial charge in [-0.3, -0.25) is 9.59 Å². The number of carbonyl (C=O) groups excluding carboxylic acids is 3. The van der Waals surface area contributed by atoms with Crippen molar-refractivity contribution in [1.82, 2.24) is 0 Å². The van der Waals surface area contributed by atoms with Crippen LogP contribution in [0.15, 0.2) is 23.8 Å². The van der Waals surface area contributed by atoms with Crippen LogP contribution < -0.4 is 0 Å². The maximum atomic E-state index is 14.6. The van der Waals surface area contributed by atoms with Gasteiger partial charge in [-0.05, 0) is 110 Å². The fourth-order valence-corrected chi connectivity index (χ4v) is 11.2. The average Bonchev–Trinajstić information content (AvgIpc) is 2.87. The molecule has 228 valence electrons. The smallest absolute Gasteiger partial charge is 0.330 e. The summed E-state index contributed by atoms with van der Waals surface area (Å²) in [6, 6.07) is 0. The first kappa shape index (κ1) is 30.5. The minimum absolute atomic E-state index is 0.0249. The average molecular weight is 567 g/mol. The maximum Gasteiger partial charge on any atom is 0.330 e. The predicted molar refractivity (Wildman–Crippen MR) is 161 cm³/mol. The zero-order chi connectivity index (χ0) is 30.2. The van der Waals surface area contributed by atoms with Gasteiger partial charge >= 0.3 is 11.9 Å². The quantitative estimate of drug-likeness (QED) is 0.255. The minimum atomic E-state index is -0.269. The molecule has 5 nitrogen and oxygen atoms in total. The summed E-state index contributed by atoms with van der Waals surface area (Å²) in [5, 5.41) is 0. The molecule has 0 N–H and O–H groups in total. The van der Waals surface area contributed by atoms with Gasteiger partial charge < -0.3 is 9.47 Å². The zero-order valence-corrected chi connectivity index (χ0v) is 27.2. The molecule has 0 aromatic heterocycles. The van der Waals surface area contributed by atoms with E-state index in [-0.39, 0.29) is 56.5 Å². The van der Waals surface area contributed by atoms with Gasteiger partial charge in [-0.2, -0.15) is 0 Å². The van der Waals surface area contributed by atoms with Crippen molar-refractivity contribution in [3.63, 3.8) is 0 Å². The second kappa shape index (κ2) is 9.81. The van der Waals surface area contributed by atoms with Crippen molar-refractivity contribution in [3.05, 3.63) is 23.8 Å². The summed E-state index contributed by atoms with van der Waals surface area (Å²) in [7, 11) is 0. The van der Waals surface area contributed by atoms with Gasteiger partial charge in [-0.15, -0.1) is 0 Å². The normalized spacial score (nSPS) is 46.9. The summed E-state index contributed by atoms with van der Waals surface area (Å²) >= 11 is 0. The summed E-state index contributed by atoms with van der Waals surface area (Å²) in [4.78, 5) is 38.7. The number of hydrogen-bond acceptors (Lipinski definition) is 5. The molecular weight excluding hydrogens is 512 g/mol. The molecule has 0 aromatic rings. The van der Waals surface area contributed by atoms with Crippen molar-refractivity contribution in [2.24, 2.45) is 50.2 Å². The van der Waals surface area contributed by atoms with Crippen molar-refractivity contribution in [2.45, 2.75) is 126 Å². The molecule has 4 fully saturated rings. The van der Waals surface area contributed by atoms with E-state index < -0.39 is 0 Å². The van der Waals surface area contributed by atoms with Gasteiger partial charge in [0.15, 0.2) is 5.78 Å². The highest BCUT2D eigenvalue weighted by Crippen LogP contribution is 2.75. The Morgan fingerprint density at radius 3 is 2.29 bits per heavy atom. The molecular formula is C36H54O5. The topological polar surface area (TPSA) is 69.7 Å². The van der Waals surface area contributed by atoms with E-state index in [9.17, 15) is 14.4 Å². The van der Waals surface area contributed by atoms with Crippen molar-refractivity contribution < 1.29 is 23.9 Å². The molecule has 0 aromatic carbocycles. The van der Waals surface area contributed by atoms with Crippen LogP contribution >= 0.6 is 0 Å². The summed E-state index contributed by atoms with van der Waals surface area (Å²) in [6.45, 7) is 20.3. The number of ether oxygens (including phenoxy) is 2. The lowest BCUT2D eigenvalue weighted by atomic mass is 9.33. The number of rotatable bonds is 4. The molecule has 0 aliphatic heterocycles. The van der Waals surface area contributed by atoms with Gasteiger partial charge in [0.2, 0.25) is 0 Å². The third-order valence-corrected chi connectivity index (χ3v) is 13.8. The highest BCUT2D eigenvalue weighted by molar-refractivity contribution is 5.95. The molecule has 0 saturated heterocycles. The number of allylic oxidation sites excluding steroid dienone is 3. The summed E-state index contributed by atoms with van der Waals surface area (Å²) in [5.74, 6) is 0.483. The monoisotopic (exact) mass is 566 g/mol. The second-order valence-corrected chi connectivity index (χ2v) is 16.4. The van der Waals surface area contributed by atoms with Gasteiger partial charge in [0.05, 0.1) is 6.61 Å². The Balaban J connectivity index is 1.52. The summed E-state index contributed by atoms with van der Waals surface area (Å²) < 4.78 is 11.0. The Kier molecular flexibility index (Phi) is 7.31. The van der Waals surface area contributed by atoms with Crippen LogP contribution in [0.5, 0.6) is 0 Å². The lowest BCUT2D eigenvalue weighted by Gasteiger charge is -2.70. The Bertz CT molecular complexity index is 1180. The molecule has 5 heteroatoms. The van der Waals surface area contributed by atoms with Gasteiger partial charge in [0, 0.05) is 24.3 Å². The largest absolute Gasteiger partial charge is 0.463 e. The zero-order valence-electron chi connectivity index (χ0n) is 27.2. The van der Waals surface area contributed by atoms with E-state index in [1.54, 1.807) is 6.08 Å². The van der Waals surface area contributed by atoms with Gasteiger partial charge in [-0.1, -0.05) is 60.1 Å². The Labute approximate surface area is 248 Å². The molecule has 4 saturated carbocycles. The minimum Gasteiger partial charge on any atom is -0.463 e. The second-order valence-electron chi connectivity index (χ2n) is 16.4. The van der Waals surface area contributed by atoms with E-state index in [0.29, 0.717) is 24.2 Å². The van der Waals surface area contributed by atoms with Crippen LogP contribution in [-0.4, -0.2) is 30.4 Å². The lowest BCUT2D eigenvalue weighted by molar-refractivity contribution is -0.210. The Hall–Kier alpha value is -1.91. The van der Waals surface area contributed by atoms with E-state index in [1.165, 1.54) is 18.9 Å². The van der Waals surface area contributed by atoms with Crippen LogP contribution in [0, 0.1) is 50.2 Å². The van der Waals surface area contributed by atoms with Crippen molar-refractivity contribution >= 4 is 17.7 Å². The van der Waals surface area contributed by atoms with Crippen LogP contribution in [0.4, 0.5) is 0 Å². The van der Waals surface area contributed by atoms with Crippen molar-refractivity contribution in [1.29, 1.82) is 0 Å². The highest BCUT2D eigenvalue weighted by atomic mass is 16.5. The first-order valence-corrected chi connectivity index (χ1v) is 16.2.